The van der Waals surface area contributed by atoms with Crippen molar-refractivity contribution in [1.82, 2.24) is 4.31 Å². The predicted molar refractivity (Wildman–Crippen MR) is 47.7 cm³/mol. The second kappa shape index (κ2) is 6.93. The number of thiol groups is 1. The Hall–Kier alpha value is 0.250. The number of aliphatic hydroxyl groups excluding tert-OH is 2. The van der Waals surface area contributed by atoms with E-state index < -0.39 is 0 Å². The lowest BCUT2D eigenvalue weighted by molar-refractivity contribution is 0.226. The molecule has 0 aliphatic heterocycles. The van der Waals surface area contributed by atoms with Crippen LogP contribution in [0.3, 0.4) is 0 Å². The van der Waals surface area contributed by atoms with Crippen molar-refractivity contribution in [3.63, 3.8) is 0 Å². The van der Waals surface area contributed by atoms with Crippen molar-refractivity contribution < 1.29 is 15.0 Å². The molecule has 0 aromatic rings. The predicted octanol–water partition coefficient (Wildman–Crippen LogP) is -0.0290. The fourth-order valence-corrected chi connectivity index (χ4v) is 1.45. The Kier molecular flexibility index (Phi) is 7.09. The van der Waals surface area contributed by atoms with Crippen LogP contribution in [0.2, 0.25) is 0 Å². The Bertz CT molecular complexity index is 116. The van der Waals surface area contributed by atoms with E-state index in [1.165, 1.54) is 0 Å². The number of carbonyl (C=O) groups is 1. The molecule has 0 saturated heterocycles. The first-order chi connectivity index (χ1) is 5.20. The van der Waals surface area contributed by atoms with Gasteiger partial charge < -0.3 is 10.2 Å². The molecule has 0 aliphatic rings. The summed E-state index contributed by atoms with van der Waals surface area (Å²) in [5, 5.41) is 17.0. The van der Waals surface area contributed by atoms with E-state index in [4.69, 9.17) is 10.2 Å². The number of rotatable bonds is 5. The largest absolute Gasteiger partial charge is 0.395 e. The smallest absolute Gasteiger partial charge is 0.258 e. The van der Waals surface area contributed by atoms with Gasteiger partial charge in [-0.1, -0.05) is 12.6 Å². The molecule has 0 radical (unpaired) electrons. The maximum Gasteiger partial charge on any atom is 0.258 e. The average molecular weight is 197 g/mol. The van der Waals surface area contributed by atoms with Crippen molar-refractivity contribution in [2.75, 3.05) is 26.3 Å². The van der Waals surface area contributed by atoms with E-state index in [1.54, 1.807) is 4.31 Å². The summed E-state index contributed by atoms with van der Waals surface area (Å²) in [4.78, 5) is 10.4. The molecule has 0 saturated carbocycles. The van der Waals surface area contributed by atoms with Crippen molar-refractivity contribution in [2.24, 2.45) is 0 Å². The summed E-state index contributed by atoms with van der Waals surface area (Å²) in [6.45, 7) is 0.650. The summed E-state index contributed by atoms with van der Waals surface area (Å²) < 4.78 is 1.21. The van der Waals surface area contributed by atoms with Gasteiger partial charge in [-0.2, -0.15) is 0 Å². The fraction of sp³-hybridized carbons (Fsp3) is 0.800. The lowest BCUT2D eigenvalue weighted by atomic mass is 10.6. The third-order valence-corrected chi connectivity index (χ3v) is 1.93. The summed E-state index contributed by atoms with van der Waals surface area (Å²) in [5.74, 6) is 0. The number of aliphatic hydroxyl groups is 2. The van der Waals surface area contributed by atoms with Gasteiger partial charge in [-0.15, -0.1) is 0 Å². The van der Waals surface area contributed by atoms with Crippen molar-refractivity contribution in [3.8, 4) is 0 Å². The zero-order chi connectivity index (χ0) is 8.69. The summed E-state index contributed by atoms with van der Waals surface area (Å²) in [7, 11) is 0. The van der Waals surface area contributed by atoms with E-state index in [9.17, 15) is 4.79 Å². The van der Waals surface area contributed by atoms with Gasteiger partial charge in [0.25, 0.3) is 4.45 Å². The standard InChI is InChI=1S/C5H11NO3S2/c7-3-1-6(2-4-8)11-5(9)10/h7-8H,1-4H2,(H,9,10). The van der Waals surface area contributed by atoms with Crippen LogP contribution in [0.15, 0.2) is 0 Å². The molecule has 0 atom stereocenters. The fourth-order valence-electron chi connectivity index (χ4n) is 0.537. The quantitative estimate of drug-likeness (QED) is 0.427. The van der Waals surface area contributed by atoms with Crippen LogP contribution in [0.4, 0.5) is 4.79 Å². The minimum Gasteiger partial charge on any atom is -0.395 e. The van der Waals surface area contributed by atoms with Crippen molar-refractivity contribution in [3.05, 3.63) is 0 Å². The average Bonchev–Trinajstić information content (AvgIpc) is 1.87. The first-order valence-electron chi connectivity index (χ1n) is 3.08. The van der Waals surface area contributed by atoms with E-state index >= 15 is 0 Å². The molecular formula is C5H11NO3S2. The molecule has 0 aromatic heterocycles. The lowest BCUT2D eigenvalue weighted by Gasteiger charge is -2.15. The molecule has 0 bridgehead atoms. The van der Waals surface area contributed by atoms with Crippen molar-refractivity contribution in [2.45, 2.75) is 0 Å². The SMILES string of the molecule is O=C(S)SN(CCO)CCO. The second-order valence-electron chi connectivity index (χ2n) is 1.73. The van der Waals surface area contributed by atoms with Crippen LogP contribution < -0.4 is 0 Å². The van der Waals surface area contributed by atoms with Gasteiger partial charge in [0.1, 0.15) is 0 Å². The highest BCUT2D eigenvalue weighted by Gasteiger charge is 2.06. The van der Waals surface area contributed by atoms with E-state index in [0.717, 1.165) is 11.9 Å². The normalized spacial score (nSPS) is 10.5. The zero-order valence-electron chi connectivity index (χ0n) is 5.93. The van der Waals surface area contributed by atoms with Crippen molar-refractivity contribution in [1.29, 1.82) is 0 Å². The molecule has 6 heteroatoms. The van der Waals surface area contributed by atoms with Crippen LogP contribution in [-0.4, -0.2) is 45.3 Å². The Morgan fingerprint density at radius 1 is 1.36 bits per heavy atom. The third kappa shape index (κ3) is 6.64. The summed E-state index contributed by atoms with van der Waals surface area (Å²) in [6, 6.07) is 0. The van der Waals surface area contributed by atoms with Crippen LogP contribution >= 0.6 is 24.6 Å². The van der Waals surface area contributed by atoms with Crippen molar-refractivity contribution >= 4 is 29.0 Å². The number of hydrogen-bond donors (Lipinski definition) is 3. The molecule has 0 heterocycles. The first-order valence-corrected chi connectivity index (χ1v) is 4.30. The third-order valence-electron chi connectivity index (χ3n) is 0.906. The molecule has 0 aromatic carbocycles. The Morgan fingerprint density at radius 3 is 2.09 bits per heavy atom. The van der Waals surface area contributed by atoms with Crippen LogP contribution in [0, 0.1) is 0 Å². The van der Waals surface area contributed by atoms with E-state index in [2.05, 4.69) is 12.6 Å². The molecule has 2 N–H and O–H groups in total. The van der Waals surface area contributed by atoms with Gasteiger partial charge >= 0.3 is 0 Å². The molecule has 0 spiro atoms. The van der Waals surface area contributed by atoms with Crippen LogP contribution in [0.1, 0.15) is 0 Å². The van der Waals surface area contributed by atoms with Gasteiger partial charge in [0.2, 0.25) is 0 Å². The van der Waals surface area contributed by atoms with Gasteiger partial charge in [0.15, 0.2) is 0 Å². The Morgan fingerprint density at radius 2 is 1.82 bits per heavy atom. The number of hydrogen-bond acceptors (Lipinski definition) is 5. The lowest BCUT2D eigenvalue weighted by Crippen LogP contribution is -2.23. The highest BCUT2D eigenvalue weighted by Crippen LogP contribution is 2.12. The molecule has 0 fully saturated rings. The van der Waals surface area contributed by atoms with E-state index in [0.29, 0.717) is 13.1 Å². The minimum absolute atomic E-state index is 0.0337. The summed E-state index contributed by atoms with van der Waals surface area (Å²) >= 11 is 4.43. The highest BCUT2D eigenvalue weighted by molar-refractivity contribution is 8.30. The molecule has 0 amide bonds. The molecular weight excluding hydrogens is 186 g/mol. The molecule has 4 nitrogen and oxygen atoms in total. The maximum atomic E-state index is 10.4. The summed E-state index contributed by atoms with van der Waals surface area (Å²) in [5.41, 5.74) is 0. The molecule has 0 unspecified atom stereocenters. The monoisotopic (exact) mass is 197 g/mol. The molecule has 66 valence electrons. The van der Waals surface area contributed by atoms with Gasteiger partial charge in [-0.25, -0.2) is 4.31 Å². The molecule has 0 aliphatic carbocycles. The van der Waals surface area contributed by atoms with Gasteiger partial charge in [-0.05, 0) is 0 Å². The highest BCUT2D eigenvalue weighted by atomic mass is 32.2. The zero-order valence-corrected chi connectivity index (χ0v) is 7.64. The molecule has 11 heavy (non-hydrogen) atoms. The molecule has 0 rings (SSSR count). The van der Waals surface area contributed by atoms with Crippen LogP contribution in [0.5, 0.6) is 0 Å². The Labute approximate surface area is 75.1 Å². The number of carbonyl (C=O) groups excluding carboxylic acids is 1. The topological polar surface area (TPSA) is 60.8 Å². The van der Waals surface area contributed by atoms with Crippen LogP contribution in [0.25, 0.3) is 0 Å². The summed E-state index contributed by atoms with van der Waals surface area (Å²) in [6.07, 6.45) is 0. The van der Waals surface area contributed by atoms with Gasteiger partial charge in [0, 0.05) is 25.0 Å². The second-order valence-corrected chi connectivity index (χ2v) is 3.51. The van der Waals surface area contributed by atoms with E-state index in [1.807, 2.05) is 0 Å². The Balaban J connectivity index is 3.59. The van der Waals surface area contributed by atoms with Gasteiger partial charge in [0.05, 0.1) is 13.2 Å². The van der Waals surface area contributed by atoms with Gasteiger partial charge in [-0.3, -0.25) is 4.79 Å². The number of nitrogens with zero attached hydrogens (tertiary/aromatic N) is 1. The minimum atomic E-state index is -0.341. The first kappa shape index (κ1) is 11.2. The maximum absolute atomic E-state index is 10.4. The van der Waals surface area contributed by atoms with Crippen LogP contribution in [-0.2, 0) is 0 Å². The van der Waals surface area contributed by atoms with E-state index in [-0.39, 0.29) is 17.7 Å².